The van der Waals surface area contributed by atoms with E-state index in [9.17, 15) is 14.0 Å². The molecule has 0 atom stereocenters. The van der Waals surface area contributed by atoms with Crippen molar-refractivity contribution in [3.8, 4) is 16.9 Å². The molecule has 1 amide bonds. The number of hydrogen-bond donors (Lipinski definition) is 1. The number of aromatic nitrogens is 3. The zero-order valence-electron chi connectivity index (χ0n) is 15.7. The third-order valence-electron chi connectivity index (χ3n) is 4.81. The largest absolute Gasteiger partial charge is 0.333 e. The Morgan fingerprint density at radius 1 is 1.21 bits per heavy atom. The first-order chi connectivity index (χ1) is 13.4. The third kappa shape index (κ3) is 3.47. The summed E-state index contributed by atoms with van der Waals surface area (Å²) in [6.07, 6.45) is 5.20. The van der Waals surface area contributed by atoms with Gasteiger partial charge < -0.3 is 5.32 Å². The topological polar surface area (TPSA) is 68.9 Å². The molecule has 1 saturated carbocycles. The second-order valence-corrected chi connectivity index (χ2v) is 7.30. The first-order valence-electron chi connectivity index (χ1n) is 9.31. The second kappa shape index (κ2) is 7.07. The van der Waals surface area contributed by atoms with Crippen LogP contribution in [0.2, 0.25) is 0 Å². The van der Waals surface area contributed by atoms with E-state index in [2.05, 4.69) is 10.3 Å². The summed E-state index contributed by atoms with van der Waals surface area (Å²) in [6, 6.07) is 9.29. The fourth-order valence-corrected chi connectivity index (χ4v) is 3.11. The lowest BCUT2D eigenvalue weighted by Crippen LogP contribution is -2.24. The molecule has 144 valence electrons. The Morgan fingerprint density at radius 2 is 1.93 bits per heavy atom. The van der Waals surface area contributed by atoms with Gasteiger partial charge in [-0.1, -0.05) is 0 Å². The average molecular weight is 380 g/mol. The Labute approximate surface area is 161 Å². The highest BCUT2D eigenvalue weighted by Crippen LogP contribution is 2.30. The van der Waals surface area contributed by atoms with Gasteiger partial charge in [0.15, 0.2) is 0 Å². The molecule has 0 radical (unpaired) electrons. The zero-order valence-corrected chi connectivity index (χ0v) is 15.7. The molecule has 0 aliphatic heterocycles. The van der Waals surface area contributed by atoms with E-state index in [1.165, 1.54) is 12.1 Å². The van der Waals surface area contributed by atoms with Crippen molar-refractivity contribution in [2.45, 2.75) is 32.7 Å². The van der Waals surface area contributed by atoms with Crippen LogP contribution in [-0.4, -0.2) is 20.0 Å². The summed E-state index contributed by atoms with van der Waals surface area (Å²) in [6.45, 7) is 3.85. The van der Waals surface area contributed by atoms with Crippen molar-refractivity contribution in [2.75, 3.05) is 5.32 Å². The van der Waals surface area contributed by atoms with E-state index in [0.717, 1.165) is 18.4 Å². The van der Waals surface area contributed by atoms with E-state index in [0.29, 0.717) is 17.2 Å². The van der Waals surface area contributed by atoms with Crippen LogP contribution in [0.25, 0.3) is 16.9 Å². The van der Waals surface area contributed by atoms with Crippen LogP contribution in [0.15, 0.2) is 53.6 Å². The molecule has 28 heavy (non-hydrogen) atoms. The van der Waals surface area contributed by atoms with E-state index in [1.54, 1.807) is 45.8 Å². The Bertz CT molecular complexity index is 1080. The predicted octanol–water partition coefficient (Wildman–Crippen LogP) is 3.77. The highest BCUT2D eigenvalue weighted by molar-refractivity contribution is 5.93. The molecule has 7 heteroatoms. The van der Waals surface area contributed by atoms with Crippen LogP contribution in [0.4, 0.5) is 10.2 Å². The molecular formula is C21H21FN4O2. The predicted molar refractivity (Wildman–Crippen MR) is 105 cm³/mol. The number of imidazole rings is 1. The SMILES string of the molecule is CC(C)n1cc(-c2ccnc(NC(=O)C3CC3)c2)n(-c2ccc(F)cc2)c1=O. The van der Waals surface area contributed by atoms with Crippen LogP contribution in [0.5, 0.6) is 0 Å². The van der Waals surface area contributed by atoms with Gasteiger partial charge in [-0.3, -0.25) is 13.9 Å². The van der Waals surface area contributed by atoms with Crippen molar-refractivity contribution in [3.05, 3.63) is 65.1 Å². The molecule has 0 unspecified atom stereocenters. The number of hydrogen-bond acceptors (Lipinski definition) is 3. The number of nitrogens with zero attached hydrogens (tertiary/aromatic N) is 3. The molecule has 1 fully saturated rings. The lowest BCUT2D eigenvalue weighted by Gasteiger charge is -2.09. The van der Waals surface area contributed by atoms with Gasteiger partial charge >= 0.3 is 5.69 Å². The monoisotopic (exact) mass is 380 g/mol. The Balaban J connectivity index is 1.80. The van der Waals surface area contributed by atoms with Crippen molar-refractivity contribution in [1.82, 2.24) is 14.1 Å². The third-order valence-corrected chi connectivity index (χ3v) is 4.81. The van der Waals surface area contributed by atoms with Gasteiger partial charge in [0.2, 0.25) is 5.91 Å². The Hall–Kier alpha value is -3.22. The van der Waals surface area contributed by atoms with Crippen molar-refractivity contribution in [1.29, 1.82) is 0 Å². The van der Waals surface area contributed by atoms with Gasteiger partial charge in [-0.05, 0) is 63.1 Å². The quantitative estimate of drug-likeness (QED) is 0.733. The number of carbonyl (C=O) groups excluding carboxylic acids is 1. The molecule has 2 heterocycles. The first kappa shape index (κ1) is 18.2. The lowest BCUT2D eigenvalue weighted by molar-refractivity contribution is -0.117. The Kier molecular flexibility index (Phi) is 4.58. The summed E-state index contributed by atoms with van der Waals surface area (Å²) < 4.78 is 16.5. The van der Waals surface area contributed by atoms with E-state index in [4.69, 9.17) is 0 Å². The molecule has 0 saturated heterocycles. The standard InChI is InChI=1S/C21H21FN4O2/c1-13(2)25-12-18(26(21(25)28)17-7-5-16(22)6-8-17)15-9-10-23-19(11-15)24-20(27)14-3-4-14/h5-14H,3-4H2,1-2H3,(H,23,24,27). The van der Waals surface area contributed by atoms with Gasteiger partial charge in [0.05, 0.1) is 11.4 Å². The minimum Gasteiger partial charge on any atom is -0.310 e. The summed E-state index contributed by atoms with van der Waals surface area (Å²) in [5.74, 6) is 0.130. The van der Waals surface area contributed by atoms with E-state index in [1.807, 2.05) is 13.8 Å². The van der Waals surface area contributed by atoms with Crippen LogP contribution in [0.1, 0.15) is 32.7 Å². The van der Waals surface area contributed by atoms with Crippen LogP contribution >= 0.6 is 0 Å². The number of pyridine rings is 1. The van der Waals surface area contributed by atoms with E-state index in [-0.39, 0.29) is 29.4 Å². The molecule has 6 nitrogen and oxygen atoms in total. The molecular weight excluding hydrogens is 359 g/mol. The molecule has 0 spiro atoms. The fourth-order valence-electron chi connectivity index (χ4n) is 3.11. The highest BCUT2D eigenvalue weighted by atomic mass is 19.1. The van der Waals surface area contributed by atoms with Gasteiger partial charge in [-0.2, -0.15) is 0 Å². The maximum absolute atomic E-state index is 13.4. The molecule has 4 rings (SSSR count). The number of benzene rings is 1. The van der Waals surface area contributed by atoms with E-state index < -0.39 is 0 Å². The van der Waals surface area contributed by atoms with Crippen molar-refractivity contribution < 1.29 is 9.18 Å². The van der Waals surface area contributed by atoms with Crippen molar-refractivity contribution in [3.63, 3.8) is 0 Å². The molecule has 1 N–H and O–H groups in total. The van der Waals surface area contributed by atoms with Gasteiger partial charge in [-0.25, -0.2) is 14.2 Å². The Morgan fingerprint density at radius 3 is 2.57 bits per heavy atom. The minimum atomic E-state index is -0.365. The highest BCUT2D eigenvalue weighted by Gasteiger charge is 2.29. The lowest BCUT2D eigenvalue weighted by atomic mass is 10.2. The van der Waals surface area contributed by atoms with Crippen LogP contribution in [0.3, 0.4) is 0 Å². The molecule has 2 aromatic heterocycles. The maximum Gasteiger partial charge on any atom is 0.333 e. The maximum atomic E-state index is 13.4. The molecule has 1 aliphatic carbocycles. The summed E-state index contributed by atoms with van der Waals surface area (Å²) in [4.78, 5) is 29.3. The summed E-state index contributed by atoms with van der Waals surface area (Å²) >= 11 is 0. The zero-order chi connectivity index (χ0) is 19.8. The second-order valence-electron chi connectivity index (χ2n) is 7.30. The van der Waals surface area contributed by atoms with Crippen LogP contribution in [-0.2, 0) is 4.79 Å². The van der Waals surface area contributed by atoms with Gasteiger partial charge in [-0.15, -0.1) is 0 Å². The van der Waals surface area contributed by atoms with Gasteiger partial charge in [0.1, 0.15) is 11.6 Å². The van der Waals surface area contributed by atoms with Crippen LogP contribution in [0, 0.1) is 11.7 Å². The summed E-state index contributed by atoms with van der Waals surface area (Å²) in [5.41, 5.74) is 1.75. The minimum absolute atomic E-state index is 0.0275. The molecule has 1 aliphatic rings. The fraction of sp³-hybridized carbons (Fsp3) is 0.286. The van der Waals surface area contributed by atoms with E-state index >= 15 is 0 Å². The number of anilines is 1. The average Bonchev–Trinajstić information content (AvgIpc) is 3.46. The number of rotatable bonds is 5. The summed E-state index contributed by atoms with van der Waals surface area (Å²) in [5, 5.41) is 2.83. The molecule has 0 bridgehead atoms. The normalized spacial score (nSPS) is 13.7. The number of carbonyl (C=O) groups is 1. The molecule has 1 aromatic carbocycles. The molecule has 3 aromatic rings. The van der Waals surface area contributed by atoms with Gasteiger partial charge in [0.25, 0.3) is 0 Å². The smallest absolute Gasteiger partial charge is 0.310 e. The number of halogens is 1. The number of amides is 1. The summed E-state index contributed by atoms with van der Waals surface area (Å²) in [7, 11) is 0. The van der Waals surface area contributed by atoms with Gasteiger partial charge in [0, 0.05) is 29.9 Å². The van der Waals surface area contributed by atoms with Crippen molar-refractivity contribution in [2.24, 2.45) is 5.92 Å². The number of nitrogens with one attached hydrogen (secondary N) is 1. The van der Waals surface area contributed by atoms with Crippen LogP contribution < -0.4 is 11.0 Å². The van der Waals surface area contributed by atoms with Crippen molar-refractivity contribution >= 4 is 11.7 Å². The first-order valence-corrected chi connectivity index (χ1v) is 9.31.